The maximum atomic E-state index is 14.3. The zero-order valence-electron chi connectivity index (χ0n) is 16.3. The number of benzene rings is 1. The molecule has 0 aromatic heterocycles. The summed E-state index contributed by atoms with van der Waals surface area (Å²) in [7, 11) is 0. The molecular formula is C15H5F18NO3. The van der Waals surface area contributed by atoms with Gasteiger partial charge in [0.1, 0.15) is 5.82 Å². The Balaban J connectivity index is 3.64. The molecule has 0 aliphatic carbocycles. The maximum Gasteiger partial charge on any atom is 0.462 e. The second-order valence-corrected chi connectivity index (χ2v) is 6.43. The third-order valence-electron chi connectivity index (χ3n) is 3.78. The predicted octanol–water partition coefficient (Wildman–Crippen LogP) is 6.64. The number of carbonyl (C=O) groups excluding carboxylic acids is 1. The van der Waals surface area contributed by atoms with Crippen molar-refractivity contribution in [3.8, 4) is 0 Å². The smallest absolute Gasteiger partial charge is 0.318 e. The molecule has 2 unspecified atom stereocenters. The highest BCUT2D eigenvalue weighted by atomic mass is 19.4. The summed E-state index contributed by atoms with van der Waals surface area (Å²) in [6.45, 7) is 0. The summed E-state index contributed by atoms with van der Waals surface area (Å²) in [6.07, 6.45) is -38.9. The number of anilines is 1. The first kappa shape index (κ1) is 32.4. The average molecular weight is 589 g/mol. The summed E-state index contributed by atoms with van der Waals surface area (Å²) >= 11 is 0. The number of amides is 1. The highest BCUT2D eigenvalue weighted by Gasteiger charge is 2.85. The van der Waals surface area contributed by atoms with E-state index in [0.29, 0.717) is 23.5 Å². The Morgan fingerprint density at radius 2 is 1.08 bits per heavy atom. The molecular weight excluding hydrogens is 584 g/mol. The number of hydrogen-bond donors (Lipinski definition) is 1. The number of para-hydroxylation sites is 1. The molecule has 0 bridgehead atoms. The number of rotatable bonds is 8. The Bertz CT molecular complexity index is 986. The molecule has 1 rings (SSSR count). The van der Waals surface area contributed by atoms with Gasteiger partial charge in [-0.25, -0.2) is 4.39 Å². The molecule has 0 saturated carbocycles. The first-order chi connectivity index (χ1) is 16.1. The first-order valence-electron chi connectivity index (χ1n) is 8.25. The largest absolute Gasteiger partial charge is 0.462 e. The predicted molar refractivity (Wildman–Crippen MR) is 77.9 cm³/mol. The van der Waals surface area contributed by atoms with Crippen molar-refractivity contribution >= 4 is 11.6 Å². The molecule has 1 amide bonds. The quantitative estimate of drug-likeness (QED) is 0.347. The van der Waals surface area contributed by atoms with Crippen molar-refractivity contribution in [2.24, 2.45) is 0 Å². The second-order valence-electron chi connectivity index (χ2n) is 6.43. The molecule has 0 aliphatic heterocycles. The Kier molecular flexibility index (Phi) is 8.11. The SMILES string of the molecule is O=C(Nc1ccccc1F)C(F)(OC(F)(F)C(F)(OC(F)(F)C(F)(F)C(F)(F)F)C(F)(F)F)C(F)(F)F. The highest BCUT2D eigenvalue weighted by molar-refractivity contribution is 5.97. The molecule has 0 aliphatic rings. The van der Waals surface area contributed by atoms with Crippen LogP contribution in [0.15, 0.2) is 24.3 Å². The van der Waals surface area contributed by atoms with Gasteiger partial charge in [0.2, 0.25) is 0 Å². The van der Waals surface area contributed by atoms with Crippen LogP contribution in [0.3, 0.4) is 0 Å². The minimum absolute atomic E-state index is 0.292. The lowest BCUT2D eigenvalue weighted by atomic mass is 10.2. The van der Waals surface area contributed by atoms with Crippen LogP contribution in [0.4, 0.5) is 84.7 Å². The lowest BCUT2D eigenvalue weighted by molar-refractivity contribution is -0.548. The maximum absolute atomic E-state index is 14.3. The fourth-order valence-electron chi connectivity index (χ4n) is 1.93. The van der Waals surface area contributed by atoms with E-state index in [1.54, 1.807) is 0 Å². The van der Waals surface area contributed by atoms with Gasteiger partial charge in [-0.15, -0.1) is 0 Å². The summed E-state index contributed by atoms with van der Waals surface area (Å²) in [5.41, 5.74) is -1.51. The molecule has 0 spiro atoms. The molecule has 214 valence electrons. The minimum atomic E-state index is -8.13. The van der Waals surface area contributed by atoms with E-state index < -0.39 is 65.8 Å². The molecule has 1 N–H and O–H groups in total. The number of nitrogens with one attached hydrogen (secondary N) is 1. The van der Waals surface area contributed by atoms with E-state index in [4.69, 9.17) is 0 Å². The van der Waals surface area contributed by atoms with Gasteiger partial charge in [-0.05, 0) is 12.1 Å². The highest BCUT2D eigenvalue weighted by Crippen LogP contribution is 2.56. The molecule has 0 radical (unpaired) electrons. The molecule has 0 saturated heterocycles. The molecule has 0 heterocycles. The summed E-state index contributed by atoms with van der Waals surface area (Å²) in [4.78, 5) is 11.6. The van der Waals surface area contributed by atoms with E-state index in [1.807, 2.05) is 4.74 Å². The van der Waals surface area contributed by atoms with Gasteiger partial charge in [-0.1, -0.05) is 12.1 Å². The van der Waals surface area contributed by atoms with Crippen molar-refractivity contribution in [2.75, 3.05) is 5.32 Å². The number of alkyl halides is 17. The summed E-state index contributed by atoms with van der Waals surface area (Å²) < 4.78 is 238. The van der Waals surface area contributed by atoms with Crippen LogP contribution in [-0.2, 0) is 14.3 Å². The van der Waals surface area contributed by atoms with Crippen molar-refractivity contribution in [1.82, 2.24) is 0 Å². The normalized spacial score (nSPS) is 17.7. The van der Waals surface area contributed by atoms with Crippen LogP contribution in [0.5, 0.6) is 0 Å². The monoisotopic (exact) mass is 589 g/mol. The summed E-state index contributed by atoms with van der Waals surface area (Å²) in [5, 5.41) is 0.534. The molecule has 37 heavy (non-hydrogen) atoms. The average Bonchev–Trinajstić information content (AvgIpc) is 2.66. The Morgan fingerprint density at radius 3 is 1.46 bits per heavy atom. The minimum Gasteiger partial charge on any atom is -0.318 e. The number of ether oxygens (including phenoxy) is 2. The van der Waals surface area contributed by atoms with E-state index in [-0.39, 0.29) is 0 Å². The fraction of sp³-hybridized carbons (Fsp3) is 0.533. The number of carbonyl (C=O) groups is 1. The first-order valence-corrected chi connectivity index (χ1v) is 8.25. The van der Waals surface area contributed by atoms with Crippen molar-refractivity contribution in [3.05, 3.63) is 30.1 Å². The number of halogens is 18. The van der Waals surface area contributed by atoms with Gasteiger partial charge in [0.15, 0.2) is 0 Å². The van der Waals surface area contributed by atoms with Crippen LogP contribution >= 0.6 is 0 Å². The van der Waals surface area contributed by atoms with Gasteiger partial charge < -0.3 is 5.32 Å². The molecule has 22 heteroatoms. The van der Waals surface area contributed by atoms with Gasteiger partial charge in [-0.2, -0.15) is 74.6 Å². The van der Waals surface area contributed by atoms with Gasteiger partial charge in [0.25, 0.3) is 5.91 Å². The summed E-state index contributed by atoms with van der Waals surface area (Å²) in [6, 6.07) is 2.08. The molecule has 4 nitrogen and oxygen atoms in total. The van der Waals surface area contributed by atoms with Gasteiger partial charge >= 0.3 is 48.4 Å². The zero-order valence-corrected chi connectivity index (χ0v) is 16.3. The topological polar surface area (TPSA) is 47.6 Å². The fourth-order valence-corrected chi connectivity index (χ4v) is 1.93. The third kappa shape index (κ3) is 5.77. The van der Waals surface area contributed by atoms with Crippen LogP contribution in [0.1, 0.15) is 0 Å². The lowest BCUT2D eigenvalue weighted by Gasteiger charge is -2.40. The standard InChI is InChI=1S/C15H5F18NO3/c16-5-3-1-2-4-6(5)34-7(35)8(17,11(21,22)23)36-15(32,33)10(20,13(27,28)29)37-14(30,31)9(18,19)12(24,25)26/h1-4H,(H,34,35). The van der Waals surface area contributed by atoms with Crippen LogP contribution in [-0.4, -0.2) is 54.3 Å². The van der Waals surface area contributed by atoms with Gasteiger partial charge in [0.05, 0.1) is 5.69 Å². The van der Waals surface area contributed by atoms with Crippen molar-refractivity contribution in [3.63, 3.8) is 0 Å². The van der Waals surface area contributed by atoms with E-state index in [1.165, 1.54) is 4.74 Å². The van der Waals surface area contributed by atoms with E-state index in [9.17, 15) is 83.8 Å². The van der Waals surface area contributed by atoms with Crippen molar-refractivity contribution < 1.29 is 93.3 Å². The Morgan fingerprint density at radius 1 is 0.622 bits per heavy atom. The molecule has 1 aromatic rings. The Labute approximate surface area is 190 Å². The van der Waals surface area contributed by atoms with Crippen molar-refractivity contribution in [1.29, 1.82) is 0 Å². The van der Waals surface area contributed by atoms with E-state index in [2.05, 4.69) is 0 Å². The van der Waals surface area contributed by atoms with Crippen LogP contribution in [0.2, 0.25) is 0 Å². The lowest BCUT2D eigenvalue weighted by Crippen LogP contribution is -2.68. The molecule has 0 fully saturated rings. The third-order valence-corrected chi connectivity index (χ3v) is 3.78. The zero-order chi connectivity index (χ0) is 29.7. The number of hydrogen-bond acceptors (Lipinski definition) is 3. The Hall–Kier alpha value is -2.65. The van der Waals surface area contributed by atoms with Crippen LogP contribution < -0.4 is 5.32 Å². The van der Waals surface area contributed by atoms with Crippen LogP contribution in [0, 0.1) is 5.82 Å². The summed E-state index contributed by atoms with van der Waals surface area (Å²) in [5.74, 6) is -28.5. The van der Waals surface area contributed by atoms with Gasteiger partial charge in [-0.3, -0.25) is 14.3 Å². The molecule has 2 atom stereocenters. The van der Waals surface area contributed by atoms with Gasteiger partial charge in [0, 0.05) is 0 Å². The van der Waals surface area contributed by atoms with Crippen LogP contribution in [0.25, 0.3) is 0 Å². The molecule has 1 aromatic carbocycles. The van der Waals surface area contributed by atoms with E-state index in [0.717, 1.165) is 6.07 Å². The second kappa shape index (κ2) is 9.27. The van der Waals surface area contributed by atoms with Crippen molar-refractivity contribution in [2.45, 2.75) is 48.4 Å². The van der Waals surface area contributed by atoms with E-state index >= 15 is 0 Å².